The Kier molecular flexibility index (Phi) is 5.72. The van der Waals surface area contributed by atoms with Gasteiger partial charge in [0.1, 0.15) is 25.0 Å². The third-order valence-corrected chi connectivity index (χ3v) is 3.51. The van der Waals surface area contributed by atoms with E-state index in [1.54, 1.807) is 12.2 Å². The summed E-state index contributed by atoms with van der Waals surface area (Å²) in [5.41, 5.74) is 0. The minimum Gasteiger partial charge on any atom is -0.463 e. The van der Waals surface area contributed by atoms with Crippen molar-refractivity contribution in [2.75, 3.05) is 40.6 Å². The fourth-order valence-corrected chi connectivity index (χ4v) is 2.51. The molecule has 0 saturated carbocycles. The Bertz CT molecular complexity index is 370. The predicted octanol–water partition coefficient (Wildman–Crippen LogP) is -0.0648. The number of esters is 2. The van der Waals surface area contributed by atoms with Gasteiger partial charge in [0, 0.05) is 14.2 Å². The molecule has 0 unspecified atom stereocenters. The van der Waals surface area contributed by atoms with Crippen LogP contribution in [0.1, 0.15) is 0 Å². The maximum atomic E-state index is 12.1. The first-order chi connectivity index (χ1) is 10.2. The van der Waals surface area contributed by atoms with Crippen molar-refractivity contribution in [2.24, 2.45) is 11.8 Å². The monoisotopic (exact) mass is 300 g/mol. The number of methoxy groups -OCH3 is 2. The predicted molar refractivity (Wildman–Crippen MR) is 70.5 cm³/mol. The van der Waals surface area contributed by atoms with Crippen molar-refractivity contribution >= 4 is 11.9 Å². The van der Waals surface area contributed by atoms with Crippen LogP contribution in [0.5, 0.6) is 0 Å². The largest absolute Gasteiger partial charge is 0.463 e. The Morgan fingerprint density at radius 2 is 1.29 bits per heavy atom. The molecule has 0 amide bonds. The fraction of sp³-hybridized carbons (Fsp3) is 0.714. The van der Waals surface area contributed by atoms with Crippen LogP contribution in [0.2, 0.25) is 0 Å². The molecule has 118 valence electrons. The molecule has 1 saturated heterocycles. The zero-order valence-electron chi connectivity index (χ0n) is 12.2. The first kappa shape index (κ1) is 15.9. The Morgan fingerprint density at radius 3 is 1.67 bits per heavy atom. The van der Waals surface area contributed by atoms with Crippen molar-refractivity contribution in [3.63, 3.8) is 0 Å². The Balaban J connectivity index is 1.95. The van der Waals surface area contributed by atoms with Crippen LogP contribution in [0.15, 0.2) is 12.2 Å². The third-order valence-electron chi connectivity index (χ3n) is 3.51. The van der Waals surface area contributed by atoms with Gasteiger partial charge in [-0.1, -0.05) is 12.2 Å². The molecule has 2 rings (SSSR count). The summed E-state index contributed by atoms with van der Waals surface area (Å²) in [6.45, 7) is 0.926. The lowest BCUT2D eigenvalue weighted by molar-refractivity contribution is -0.161. The van der Waals surface area contributed by atoms with E-state index < -0.39 is 36.0 Å². The normalized spacial score (nSPS) is 29.6. The highest BCUT2D eigenvalue weighted by Crippen LogP contribution is 2.40. The van der Waals surface area contributed by atoms with Gasteiger partial charge in [-0.25, -0.2) is 0 Å². The molecule has 0 N–H and O–H groups in total. The smallest absolute Gasteiger partial charge is 0.313 e. The first-order valence-electron chi connectivity index (χ1n) is 6.84. The zero-order valence-corrected chi connectivity index (χ0v) is 12.2. The molecule has 7 heteroatoms. The minimum atomic E-state index is -0.660. The van der Waals surface area contributed by atoms with E-state index in [4.69, 9.17) is 23.7 Å². The van der Waals surface area contributed by atoms with Crippen LogP contribution in [-0.2, 0) is 33.3 Å². The summed E-state index contributed by atoms with van der Waals surface area (Å²) in [7, 11) is 3.04. The fourth-order valence-electron chi connectivity index (χ4n) is 2.51. The first-order valence-corrected chi connectivity index (χ1v) is 6.84. The van der Waals surface area contributed by atoms with E-state index in [0.29, 0.717) is 13.2 Å². The molecule has 0 radical (unpaired) electrons. The second kappa shape index (κ2) is 7.53. The molecule has 2 aliphatic heterocycles. The van der Waals surface area contributed by atoms with E-state index in [0.717, 1.165) is 0 Å². The number of carbonyl (C=O) groups is 2. The van der Waals surface area contributed by atoms with E-state index in [1.807, 2.05) is 0 Å². The average Bonchev–Trinajstić information content (AvgIpc) is 3.08. The van der Waals surface area contributed by atoms with E-state index in [1.165, 1.54) is 14.2 Å². The zero-order chi connectivity index (χ0) is 15.2. The molecule has 4 atom stereocenters. The molecule has 0 aliphatic carbocycles. The average molecular weight is 300 g/mol. The van der Waals surface area contributed by atoms with Gasteiger partial charge in [0.25, 0.3) is 0 Å². The van der Waals surface area contributed by atoms with Gasteiger partial charge in [-0.3, -0.25) is 9.59 Å². The Hall–Kier alpha value is -1.44. The van der Waals surface area contributed by atoms with E-state index in [-0.39, 0.29) is 13.2 Å². The Morgan fingerprint density at radius 1 is 0.857 bits per heavy atom. The molecule has 7 nitrogen and oxygen atoms in total. The molecular formula is C14H20O7. The minimum absolute atomic E-state index is 0.151. The molecule has 2 heterocycles. The molecule has 0 spiro atoms. The van der Waals surface area contributed by atoms with Crippen molar-refractivity contribution < 1.29 is 33.3 Å². The van der Waals surface area contributed by atoms with Crippen LogP contribution in [0.3, 0.4) is 0 Å². The summed E-state index contributed by atoms with van der Waals surface area (Å²) in [5.74, 6) is -2.24. The van der Waals surface area contributed by atoms with Gasteiger partial charge in [0.15, 0.2) is 0 Å². The standard InChI is InChI=1S/C14H20O7/c1-17-5-7-19-13(15)11-9-3-4-10(21-9)12(11)14(16)20-8-6-18-2/h3-4,9-12H,5-8H2,1-2H3/t9-,10+,11-,12+. The third kappa shape index (κ3) is 3.61. The SMILES string of the molecule is COCCOC(=O)[C@@H]1[C@H](C(=O)OCCOC)[C@H]2C=C[C@@H]1O2. The summed E-state index contributed by atoms with van der Waals surface area (Å²) in [4.78, 5) is 24.3. The molecule has 2 bridgehead atoms. The number of carbonyl (C=O) groups excluding carboxylic acids is 2. The highest BCUT2D eigenvalue weighted by Gasteiger charge is 2.54. The summed E-state index contributed by atoms with van der Waals surface area (Å²) in [5, 5.41) is 0. The van der Waals surface area contributed by atoms with Gasteiger partial charge in [-0.05, 0) is 0 Å². The van der Waals surface area contributed by atoms with Crippen LogP contribution in [0.25, 0.3) is 0 Å². The van der Waals surface area contributed by atoms with Crippen LogP contribution < -0.4 is 0 Å². The lowest BCUT2D eigenvalue weighted by atomic mass is 9.83. The molecule has 21 heavy (non-hydrogen) atoms. The van der Waals surface area contributed by atoms with Crippen LogP contribution in [0, 0.1) is 11.8 Å². The van der Waals surface area contributed by atoms with Crippen molar-refractivity contribution in [1.82, 2.24) is 0 Å². The van der Waals surface area contributed by atoms with Crippen LogP contribution in [-0.4, -0.2) is 64.8 Å². The highest BCUT2D eigenvalue weighted by molar-refractivity contribution is 5.85. The molecule has 0 aromatic heterocycles. The maximum absolute atomic E-state index is 12.1. The number of rotatable bonds is 8. The summed E-state index contributed by atoms with van der Waals surface area (Å²) < 4.78 is 25.5. The molecule has 1 fully saturated rings. The van der Waals surface area contributed by atoms with Gasteiger partial charge in [-0.2, -0.15) is 0 Å². The maximum Gasteiger partial charge on any atom is 0.313 e. The van der Waals surface area contributed by atoms with Crippen molar-refractivity contribution in [3.8, 4) is 0 Å². The molecule has 2 aliphatic rings. The number of hydrogen-bond acceptors (Lipinski definition) is 7. The Labute approximate surface area is 123 Å². The summed E-state index contributed by atoms with van der Waals surface area (Å²) in [6, 6.07) is 0. The lowest BCUT2D eigenvalue weighted by Gasteiger charge is -2.22. The van der Waals surface area contributed by atoms with Gasteiger partial charge >= 0.3 is 11.9 Å². The summed E-state index contributed by atoms with van der Waals surface area (Å²) in [6.07, 6.45) is 2.72. The van der Waals surface area contributed by atoms with Crippen LogP contribution in [0.4, 0.5) is 0 Å². The van der Waals surface area contributed by atoms with Crippen molar-refractivity contribution in [3.05, 3.63) is 12.2 Å². The second-order valence-electron chi connectivity index (χ2n) is 4.82. The number of ether oxygens (including phenoxy) is 5. The number of fused-ring (bicyclic) bond motifs is 2. The molecule has 0 aromatic carbocycles. The van der Waals surface area contributed by atoms with Gasteiger partial charge in [0.2, 0.25) is 0 Å². The quantitative estimate of drug-likeness (QED) is 0.353. The molecule has 0 aromatic rings. The van der Waals surface area contributed by atoms with Gasteiger partial charge < -0.3 is 23.7 Å². The van der Waals surface area contributed by atoms with E-state index >= 15 is 0 Å². The van der Waals surface area contributed by atoms with Gasteiger partial charge in [0.05, 0.1) is 25.4 Å². The molecular weight excluding hydrogens is 280 g/mol. The van der Waals surface area contributed by atoms with E-state index in [9.17, 15) is 9.59 Å². The van der Waals surface area contributed by atoms with Crippen LogP contribution >= 0.6 is 0 Å². The van der Waals surface area contributed by atoms with Gasteiger partial charge in [-0.15, -0.1) is 0 Å². The highest BCUT2D eigenvalue weighted by atomic mass is 16.6. The summed E-state index contributed by atoms with van der Waals surface area (Å²) >= 11 is 0. The number of hydrogen-bond donors (Lipinski definition) is 0. The van der Waals surface area contributed by atoms with Crippen molar-refractivity contribution in [1.29, 1.82) is 0 Å². The van der Waals surface area contributed by atoms with E-state index in [2.05, 4.69) is 0 Å². The van der Waals surface area contributed by atoms with Crippen molar-refractivity contribution in [2.45, 2.75) is 12.2 Å². The second-order valence-corrected chi connectivity index (χ2v) is 4.82. The topological polar surface area (TPSA) is 80.3 Å². The lowest BCUT2D eigenvalue weighted by Crippen LogP contribution is -2.39.